The van der Waals surface area contributed by atoms with Gasteiger partial charge in [-0.2, -0.15) is 4.99 Å². The number of hydrogen-bond acceptors (Lipinski definition) is 2. The van der Waals surface area contributed by atoms with Gasteiger partial charge in [0.25, 0.3) is 0 Å². The third-order valence-corrected chi connectivity index (χ3v) is 2.71. The molecule has 0 aliphatic heterocycles. The van der Waals surface area contributed by atoms with Crippen LogP contribution in [-0.2, 0) is 0 Å². The van der Waals surface area contributed by atoms with Crippen molar-refractivity contribution in [2.45, 2.75) is 0 Å². The maximum absolute atomic E-state index is 6.90. The average molecular weight is 192 g/mol. The van der Waals surface area contributed by atoms with E-state index in [1.54, 1.807) is 0 Å². The summed E-state index contributed by atoms with van der Waals surface area (Å²) < 4.78 is 0. The van der Waals surface area contributed by atoms with Gasteiger partial charge in [0.05, 0.1) is 11.7 Å². The molecule has 0 bridgehead atoms. The Morgan fingerprint density at radius 2 is 1.60 bits per heavy atom. The second-order valence-electron chi connectivity index (χ2n) is 3.47. The summed E-state index contributed by atoms with van der Waals surface area (Å²) >= 11 is 0. The van der Waals surface area contributed by atoms with Crippen molar-refractivity contribution in [1.82, 2.24) is 0 Å². The lowest BCUT2D eigenvalue weighted by molar-refractivity contribution is 1.44. The number of hydrogen-bond donors (Lipinski definition) is 1. The van der Waals surface area contributed by atoms with E-state index >= 15 is 0 Å². The molecule has 0 amide bonds. The van der Waals surface area contributed by atoms with Crippen molar-refractivity contribution in [3.8, 4) is 22.3 Å². The first-order valence-corrected chi connectivity index (χ1v) is 4.77. The fraction of sp³-hybridized carbons (Fsp3) is 0. The van der Waals surface area contributed by atoms with Gasteiger partial charge in [-0.3, -0.25) is 0 Å². The van der Waals surface area contributed by atoms with Crippen molar-refractivity contribution in [2.24, 2.45) is 4.99 Å². The number of fused-ring (bicyclic) bond motifs is 4. The molecule has 1 N–H and O–H groups in total. The Morgan fingerprint density at radius 3 is 2.40 bits per heavy atom. The Balaban J connectivity index is 2.29. The minimum Gasteiger partial charge on any atom is -0.241 e. The molecule has 0 aromatic heterocycles. The van der Waals surface area contributed by atoms with Crippen molar-refractivity contribution >= 4 is 11.7 Å². The van der Waals surface area contributed by atoms with Crippen molar-refractivity contribution in [3.63, 3.8) is 0 Å². The van der Waals surface area contributed by atoms with Gasteiger partial charge in [-0.15, -0.1) is 0 Å². The van der Waals surface area contributed by atoms with Crippen molar-refractivity contribution in [3.05, 3.63) is 42.5 Å². The Labute approximate surface area is 87.4 Å². The summed E-state index contributed by atoms with van der Waals surface area (Å²) in [6.07, 6.45) is 0. The molecule has 2 aromatic carbocycles. The fourth-order valence-corrected chi connectivity index (χ4v) is 2.07. The van der Waals surface area contributed by atoms with Gasteiger partial charge in [0.15, 0.2) is 0 Å². The van der Waals surface area contributed by atoms with E-state index in [1.165, 1.54) is 16.7 Å². The van der Waals surface area contributed by atoms with Crippen LogP contribution in [0.4, 0.5) is 5.69 Å². The summed E-state index contributed by atoms with van der Waals surface area (Å²) in [5.74, 6) is 0. The molecule has 0 heterocycles. The van der Waals surface area contributed by atoms with E-state index in [0.29, 0.717) is 0 Å². The van der Waals surface area contributed by atoms with Crippen LogP contribution in [0, 0.1) is 5.41 Å². The number of benzene rings is 2. The van der Waals surface area contributed by atoms with Gasteiger partial charge in [0.2, 0.25) is 0 Å². The number of nitrogens with one attached hydrogen (secondary N) is 1. The molecule has 2 aromatic rings. The maximum atomic E-state index is 6.90. The van der Waals surface area contributed by atoms with Crippen LogP contribution in [0.5, 0.6) is 0 Å². The van der Waals surface area contributed by atoms with E-state index in [0.717, 1.165) is 11.3 Å². The predicted molar refractivity (Wildman–Crippen MR) is 60.7 cm³/mol. The molecule has 0 saturated carbocycles. The zero-order valence-electron chi connectivity index (χ0n) is 7.99. The highest BCUT2D eigenvalue weighted by molar-refractivity contribution is 6.07. The minimum absolute atomic E-state index is 0.834. The van der Waals surface area contributed by atoms with E-state index in [4.69, 9.17) is 5.41 Å². The van der Waals surface area contributed by atoms with Crippen molar-refractivity contribution in [2.75, 3.05) is 0 Å². The van der Waals surface area contributed by atoms with E-state index in [9.17, 15) is 0 Å². The summed E-state index contributed by atoms with van der Waals surface area (Å²) in [4.78, 5) is 3.93. The lowest BCUT2D eigenvalue weighted by atomic mass is 9.80. The van der Waals surface area contributed by atoms with E-state index in [-0.39, 0.29) is 0 Å². The molecule has 15 heavy (non-hydrogen) atoms. The van der Waals surface area contributed by atoms with Gasteiger partial charge in [0, 0.05) is 5.56 Å². The number of nitrogens with zero attached hydrogens (tertiary/aromatic N) is 1. The van der Waals surface area contributed by atoms with Crippen LogP contribution in [0.1, 0.15) is 0 Å². The molecule has 0 radical (unpaired) electrons. The third-order valence-electron chi connectivity index (χ3n) is 2.71. The molecule has 0 fully saturated rings. The first-order valence-electron chi connectivity index (χ1n) is 4.77. The second kappa shape index (κ2) is 2.91. The molecule has 0 atom stereocenters. The van der Waals surface area contributed by atoms with Gasteiger partial charge in [-0.1, -0.05) is 36.4 Å². The van der Waals surface area contributed by atoms with Crippen LogP contribution in [0.15, 0.2) is 47.5 Å². The molecule has 3 rings (SSSR count). The Morgan fingerprint density at radius 1 is 0.867 bits per heavy atom. The largest absolute Gasteiger partial charge is 0.241 e. The van der Waals surface area contributed by atoms with Crippen LogP contribution in [-0.4, -0.2) is 6.01 Å². The molecule has 2 heteroatoms. The van der Waals surface area contributed by atoms with Gasteiger partial charge >= 0.3 is 0 Å². The van der Waals surface area contributed by atoms with Crippen molar-refractivity contribution in [1.29, 1.82) is 5.41 Å². The highest BCUT2D eigenvalue weighted by Crippen LogP contribution is 2.51. The van der Waals surface area contributed by atoms with Gasteiger partial charge < -0.3 is 0 Å². The van der Waals surface area contributed by atoms with Gasteiger partial charge in [0.1, 0.15) is 0 Å². The maximum Gasteiger partial charge on any atom is 0.0918 e. The van der Waals surface area contributed by atoms with Crippen molar-refractivity contribution < 1.29 is 0 Å². The topological polar surface area (TPSA) is 36.2 Å². The number of rotatable bonds is 1. The first kappa shape index (κ1) is 8.16. The van der Waals surface area contributed by atoms with Crippen LogP contribution in [0.25, 0.3) is 22.3 Å². The second-order valence-corrected chi connectivity index (χ2v) is 3.47. The average Bonchev–Trinajstić information content (AvgIpc) is 2.26. The monoisotopic (exact) mass is 192 g/mol. The number of aliphatic imine (C=N–C) groups is 1. The zero-order chi connectivity index (χ0) is 10.3. The Kier molecular flexibility index (Phi) is 1.58. The highest BCUT2D eigenvalue weighted by Gasteiger charge is 2.23. The normalized spacial score (nSPS) is 10.7. The molecular weight excluding hydrogens is 184 g/mol. The van der Waals surface area contributed by atoms with E-state index in [2.05, 4.69) is 29.2 Å². The summed E-state index contributed by atoms with van der Waals surface area (Å²) in [6, 6.07) is 16.3. The molecule has 0 spiro atoms. The smallest absolute Gasteiger partial charge is 0.0918 e. The van der Waals surface area contributed by atoms with Crippen LogP contribution in [0.2, 0.25) is 0 Å². The molecule has 70 valence electrons. The molecule has 0 saturated heterocycles. The zero-order valence-corrected chi connectivity index (χ0v) is 7.99. The summed E-state index contributed by atoms with van der Waals surface area (Å²) in [6.45, 7) is 0. The fourth-order valence-electron chi connectivity index (χ4n) is 2.07. The summed E-state index contributed by atoms with van der Waals surface area (Å²) in [5, 5.41) is 6.90. The lowest BCUT2D eigenvalue weighted by Crippen LogP contribution is -1.97. The lowest BCUT2D eigenvalue weighted by Gasteiger charge is -2.24. The third kappa shape index (κ3) is 0.997. The Hall–Kier alpha value is -2.18. The minimum atomic E-state index is 0.834. The molecule has 1 aliphatic carbocycles. The van der Waals surface area contributed by atoms with Crippen LogP contribution in [0.3, 0.4) is 0 Å². The molecule has 2 nitrogen and oxygen atoms in total. The molecular formula is C13H8N2. The standard InChI is InChI=1S/C13H8N2/c14-8-15-12-7-3-6-11-9-4-1-2-5-10(9)13(11)12/h1-7,14H. The first-order chi connectivity index (χ1) is 7.42. The molecule has 1 aliphatic rings. The predicted octanol–water partition coefficient (Wildman–Crippen LogP) is 3.72. The molecule has 0 unspecified atom stereocenters. The SMILES string of the molecule is N=C=Nc1cccc2c1-c1ccccc1-2. The summed E-state index contributed by atoms with van der Waals surface area (Å²) in [7, 11) is 0. The van der Waals surface area contributed by atoms with Gasteiger partial charge in [-0.25, -0.2) is 5.41 Å². The summed E-state index contributed by atoms with van der Waals surface area (Å²) in [5.41, 5.74) is 5.70. The van der Waals surface area contributed by atoms with Crippen LogP contribution >= 0.6 is 0 Å². The van der Waals surface area contributed by atoms with E-state index < -0.39 is 0 Å². The van der Waals surface area contributed by atoms with Crippen LogP contribution < -0.4 is 0 Å². The van der Waals surface area contributed by atoms with Gasteiger partial charge in [-0.05, 0) is 22.8 Å². The quantitative estimate of drug-likeness (QED) is 0.570. The van der Waals surface area contributed by atoms with E-state index in [1.807, 2.05) is 24.3 Å². The highest BCUT2D eigenvalue weighted by atomic mass is 14.7. The Bertz CT molecular complexity index is 593.